The van der Waals surface area contributed by atoms with Crippen molar-refractivity contribution in [2.24, 2.45) is 0 Å². The predicted octanol–water partition coefficient (Wildman–Crippen LogP) is 1.27. The fourth-order valence-corrected chi connectivity index (χ4v) is 1.30. The Hall–Kier alpha value is -1.65. The molecule has 0 unspecified atom stereocenters. The van der Waals surface area contributed by atoms with E-state index in [1.807, 2.05) is 13.8 Å². The average Bonchev–Trinajstić information content (AvgIpc) is 2.46. The first-order chi connectivity index (χ1) is 6.59. The second-order valence-corrected chi connectivity index (χ2v) is 3.44. The third-order valence-corrected chi connectivity index (χ3v) is 2.01. The van der Waals surface area contributed by atoms with Crippen LogP contribution in [-0.4, -0.2) is 14.5 Å². The van der Waals surface area contributed by atoms with Gasteiger partial charge in [-0.2, -0.15) is 0 Å². The van der Waals surface area contributed by atoms with Gasteiger partial charge in [0.05, 0.1) is 0 Å². The van der Waals surface area contributed by atoms with E-state index in [0.717, 1.165) is 0 Å². The minimum absolute atomic E-state index is 0.0800. The van der Waals surface area contributed by atoms with Crippen molar-refractivity contribution in [3.63, 3.8) is 0 Å². The largest absolute Gasteiger partial charge is 0.422 e. The molecule has 0 saturated heterocycles. The molecule has 74 valence electrons. The maximum absolute atomic E-state index is 11.8. The van der Waals surface area contributed by atoms with Crippen LogP contribution in [0.25, 0.3) is 11.2 Å². The molecule has 2 rings (SSSR count). The summed E-state index contributed by atoms with van der Waals surface area (Å²) in [6.07, 6.45) is 1.49. The molecule has 2 aromatic rings. The standard InChI is InChI=1S/C9H11N3O2/c1-5(2)12-4-10-8-7(9(12)13)11-6(3)14-8/h4-5H,1-3H3. The lowest BCUT2D eigenvalue weighted by Gasteiger charge is -2.06. The molecule has 0 bridgehead atoms. The van der Waals surface area contributed by atoms with E-state index in [2.05, 4.69) is 9.97 Å². The molecule has 5 heteroatoms. The molecule has 5 nitrogen and oxygen atoms in total. The number of oxazole rings is 1. The van der Waals surface area contributed by atoms with E-state index in [4.69, 9.17) is 4.42 Å². The highest BCUT2D eigenvalue weighted by molar-refractivity contribution is 5.65. The van der Waals surface area contributed by atoms with Gasteiger partial charge in [0.15, 0.2) is 11.4 Å². The van der Waals surface area contributed by atoms with Crippen molar-refractivity contribution in [1.82, 2.24) is 14.5 Å². The third-order valence-electron chi connectivity index (χ3n) is 2.01. The summed E-state index contributed by atoms with van der Waals surface area (Å²) in [7, 11) is 0. The van der Waals surface area contributed by atoms with Crippen molar-refractivity contribution < 1.29 is 4.42 Å². The number of fused-ring (bicyclic) bond motifs is 1. The Balaban J connectivity index is 2.81. The van der Waals surface area contributed by atoms with Crippen molar-refractivity contribution in [2.75, 3.05) is 0 Å². The molecule has 0 aliphatic carbocycles. The molecular weight excluding hydrogens is 182 g/mol. The van der Waals surface area contributed by atoms with E-state index in [9.17, 15) is 4.79 Å². The van der Waals surface area contributed by atoms with Crippen molar-refractivity contribution in [1.29, 1.82) is 0 Å². The number of hydrogen-bond acceptors (Lipinski definition) is 4. The van der Waals surface area contributed by atoms with Gasteiger partial charge in [-0.15, -0.1) is 0 Å². The number of nitrogens with zero attached hydrogens (tertiary/aromatic N) is 3. The highest BCUT2D eigenvalue weighted by Crippen LogP contribution is 2.08. The van der Waals surface area contributed by atoms with Gasteiger partial charge in [0.25, 0.3) is 11.3 Å². The van der Waals surface area contributed by atoms with Crippen molar-refractivity contribution in [3.05, 3.63) is 22.6 Å². The molecule has 2 heterocycles. The first kappa shape index (κ1) is 8.93. The zero-order valence-corrected chi connectivity index (χ0v) is 8.31. The maximum atomic E-state index is 11.8. The fraction of sp³-hybridized carbons (Fsp3) is 0.444. The van der Waals surface area contributed by atoms with E-state index < -0.39 is 0 Å². The van der Waals surface area contributed by atoms with Gasteiger partial charge in [0.2, 0.25) is 0 Å². The van der Waals surface area contributed by atoms with Crippen molar-refractivity contribution in [3.8, 4) is 0 Å². The number of hydrogen-bond donors (Lipinski definition) is 0. The summed E-state index contributed by atoms with van der Waals surface area (Å²) in [5.74, 6) is 0.464. The van der Waals surface area contributed by atoms with Crippen LogP contribution in [0, 0.1) is 6.92 Å². The van der Waals surface area contributed by atoms with E-state index >= 15 is 0 Å². The highest BCUT2D eigenvalue weighted by atomic mass is 16.4. The molecule has 0 aliphatic rings. The highest BCUT2D eigenvalue weighted by Gasteiger charge is 2.11. The molecule has 0 fully saturated rings. The van der Waals surface area contributed by atoms with Gasteiger partial charge in [-0.3, -0.25) is 9.36 Å². The Morgan fingerprint density at radius 3 is 2.86 bits per heavy atom. The summed E-state index contributed by atoms with van der Waals surface area (Å²) >= 11 is 0. The molecule has 2 aromatic heterocycles. The summed E-state index contributed by atoms with van der Waals surface area (Å²) < 4.78 is 6.68. The van der Waals surface area contributed by atoms with Crippen LogP contribution in [-0.2, 0) is 0 Å². The first-order valence-electron chi connectivity index (χ1n) is 4.44. The van der Waals surface area contributed by atoms with Crippen molar-refractivity contribution >= 4 is 11.2 Å². The smallest absolute Gasteiger partial charge is 0.283 e. The Bertz CT molecular complexity index is 524. The zero-order chi connectivity index (χ0) is 10.3. The Morgan fingerprint density at radius 2 is 2.21 bits per heavy atom. The molecule has 0 N–H and O–H groups in total. The quantitative estimate of drug-likeness (QED) is 0.684. The number of aromatic nitrogens is 3. The van der Waals surface area contributed by atoms with Crippen LogP contribution in [0.3, 0.4) is 0 Å². The lowest BCUT2D eigenvalue weighted by molar-refractivity contribution is 0.540. The topological polar surface area (TPSA) is 60.9 Å². The normalized spacial score (nSPS) is 11.4. The monoisotopic (exact) mass is 193 g/mol. The molecule has 14 heavy (non-hydrogen) atoms. The molecular formula is C9H11N3O2. The Labute approximate surface area is 80.4 Å². The van der Waals surface area contributed by atoms with Crippen LogP contribution in [0.2, 0.25) is 0 Å². The Kier molecular flexibility index (Phi) is 1.87. The first-order valence-corrected chi connectivity index (χ1v) is 4.44. The van der Waals surface area contributed by atoms with Gasteiger partial charge in [0.1, 0.15) is 6.33 Å². The molecule has 0 amide bonds. The molecule has 0 atom stereocenters. The SMILES string of the molecule is Cc1nc2c(=O)n(C(C)C)cnc2o1. The maximum Gasteiger partial charge on any atom is 0.283 e. The molecule has 0 saturated carbocycles. The van der Waals surface area contributed by atoms with Crippen LogP contribution in [0.5, 0.6) is 0 Å². The van der Waals surface area contributed by atoms with E-state index in [-0.39, 0.29) is 11.6 Å². The second kappa shape index (κ2) is 2.94. The molecule has 0 aromatic carbocycles. The van der Waals surface area contributed by atoms with Crippen LogP contribution in [0.15, 0.2) is 15.5 Å². The van der Waals surface area contributed by atoms with Crippen LogP contribution in [0.4, 0.5) is 0 Å². The fourth-order valence-electron chi connectivity index (χ4n) is 1.30. The number of aryl methyl sites for hydroxylation is 1. The second-order valence-electron chi connectivity index (χ2n) is 3.44. The van der Waals surface area contributed by atoms with Gasteiger partial charge in [-0.25, -0.2) is 9.97 Å². The summed E-state index contributed by atoms with van der Waals surface area (Å²) in [4.78, 5) is 19.8. The van der Waals surface area contributed by atoms with Crippen LogP contribution >= 0.6 is 0 Å². The summed E-state index contributed by atoms with van der Waals surface area (Å²) in [6.45, 7) is 5.53. The predicted molar refractivity (Wildman–Crippen MR) is 51.2 cm³/mol. The lowest BCUT2D eigenvalue weighted by atomic mass is 10.4. The van der Waals surface area contributed by atoms with E-state index in [1.165, 1.54) is 10.9 Å². The molecule has 0 aliphatic heterocycles. The molecule has 0 radical (unpaired) electrons. The summed E-state index contributed by atoms with van der Waals surface area (Å²) in [5.41, 5.74) is 0.463. The lowest BCUT2D eigenvalue weighted by Crippen LogP contribution is -2.22. The average molecular weight is 193 g/mol. The van der Waals surface area contributed by atoms with Crippen LogP contribution in [0.1, 0.15) is 25.8 Å². The minimum atomic E-state index is -0.151. The van der Waals surface area contributed by atoms with Gasteiger partial charge < -0.3 is 4.42 Å². The molecule has 0 spiro atoms. The van der Waals surface area contributed by atoms with E-state index in [0.29, 0.717) is 17.1 Å². The van der Waals surface area contributed by atoms with Gasteiger partial charge in [-0.05, 0) is 13.8 Å². The summed E-state index contributed by atoms with van der Waals surface area (Å²) in [6, 6.07) is 0.0800. The van der Waals surface area contributed by atoms with Crippen molar-refractivity contribution in [2.45, 2.75) is 26.8 Å². The van der Waals surface area contributed by atoms with Gasteiger partial charge in [0, 0.05) is 13.0 Å². The minimum Gasteiger partial charge on any atom is -0.422 e. The third kappa shape index (κ3) is 1.21. The zero-order valence-electron chi connectivity index (χ0n) is 8.31. The van der Waals surface area contributed by atoms with Crippen LogP contribution < -0.4 is 5.56 Å². The van der Waals surface area contributed by atoms with Gasteiger partial charge >= 0.3 is 0 Å². The number of rotatable bonds is 1. The summed E-state index contributed by atoms with van der Waals surface area (Å²) in [5, 5.41) is 0. The van der Waals surface area contributed by atoms with E-state index in [1.54, 1.807) is 6.92 Å². The van der Waals surface area contributed by atoms with Gasteiger partial charge in [-0.1, -0.05) is 0 Å². The Morgan fingerprint density at radius 1 is 1.50 bits per heavy atom.